The maximum Gasteiger partial charge on any atom is 0.420 e. The van der Waals surface area contributed by atoms with Gasteiger partial charge in [-0.25, -0.2) is 13.2 Å². The number of carbonyl (C=O) groups excluding carboxylic acids is 2. The Bertz CT molecular complexity index is 1370. The zero-order valence-corrected chi connectivity index (χ0v) is 19.0. The van der Waals surface area contributed by atoms with Crippen LogP contribution in [0.25, 0.3) is 11.1 Å². The Morgan fingerprint density at radius 2 is 1.70 bits per heavy atom. The number of fused-ring (bicyclic) bond motifs is 1. The zero-order valence-electron chi connectivity index (χ0n) is 18.2. The summed E-state index contributed by atoms with van der Waals surface area (Å²) in [5.74, 6) is -1.40. The number of hydrogen-bond acceptors (Lipinski definition) is 8. The van der Waals surface area contributed by atoms with Crippen molar-refractivity contribution >= 4 is 38.6 Å². The average molecular weight is 474 g/mol. The van der Waals surface area contributed by atoms with Gasteiger partial charge in [0.1, 0.15) is 6.54 Å². The van der Waals surface area contributed by atoms with Crippen molar-refractivity contribution in [2.75, 3.05) is 38.2 Å². The van der Waals surface area contributed by atoms with Gasteiger partial charge in [-0.1, -0.05) is 0 Å². The minimum absolute atomic E-state index is 0.00762. The van der Waals surface area contributed by atoms with E-state index in [1.165, 1.54) is 36.5 Å². The third-order valence-corrected chi connectivity index (χ3v) is 7.56. The number of hydrogen-bond donors (Lipinski definition) is 0. The smallest absolute Gasteiger partial charge is 0.420 e. The molecule has 1 saturated heterocycles. The fourth-order valence-electron chi connectivity index (χ4n) is 3.79. The van der Waals surface area contributed by atoms with Gasteiger partial charge in [-0.05, 0) is 43.3 Å². The quantitative estimate of drug-likeness (QED) is 0.390. The molecule has 2 aromatic carbocycles. The molecular weight excluding hydrogens is 450 g/mol. The van der Waals surface area contributed by atoms with E-state index < -0.39 is 21.7 Å². The number of nitrogens with zero attached hydrogens (tertiary/aromatic N) is 3. The molecule has 0 bridgehead atoms. The van der Waals surface area contributed by atoms with Crippen molar-refractivity contribution in [1.29, 1.82) is 0 Å². The van der Waals surface area contributed by atoms with Gasteiger partial charge in [0.15, 0.2) is 11.4 Å². The number of rotatable bonds is 6. The van der Waals surface area contributed by atoms with Gasteiger partial charge < -0.3 is 14.1 Å². The molecule has 174 valence electrons. The first kappa shape index (κ1) is 22.7. The molecule has 0 amide bonds. The fourth-order valence-corrected chi connectivity index (χ4v) is 5.23. The van der Waals surface area contributed by atoms with Gasteiger partial charge >= 0.3 is 11.7 Å². The van der Waals surface area contributed by atoms with Crippen LogP contribution in [0, 0.1) is 0 Å². The summed E-state index contributed by atoms with van der Waals surface area (Å²) in [6.07, 6.45) is 0. The zero-order chi connectivity index (χ0) is 23.8. The van der Waals surface area contributed by atoms with Gasteiger partial charge in [0.25, 0.3) is 0 Å². The third kappa shape index (κ3) is 4.41. The van der Waals surface area contributed by atoms with Crippen LogP contribution in [0.1, 0.15) is 17.3 Å². The van der Waals surface area contributed by atoms with E-state index in [4.69, 9.17) is 4.42 Å². The van der Waals surface area contributed by atoms with Gasteiger partial charge in [0, 0.05) is 43.5 Å². The van der Waals surface area contributed by atoms with E-state index in [0.717, 1.165) is 10.3 Å². The summed E-state index contributed by atoms with van der Waals surface area (Å²) in [6, 6.07) is 11.4. The molecule has 33 heavy (non-hydrogen) atoms. The molecule has 0 aliphatic carbocycles. The molecule has 0 radical (unpaired) electrons. The molecule has 2 heterocycles. The highest BCUT2D eigenvalue weighted by molar-refractivity contribution is 7.89. The van der Waals surface area contributed by atoms with E-state index in [2.05, 4.69) is 9.64 Å². The standard InChI is InChI=1S/C22H23N3O7S/c1-15(26)16-3-5-17(6-4-16)23-9-11-24(12-10-23)33(29,30)18-7-8-19-20(13-18)32-22(28)25(19)14-21(27)31-2/h3-8,13H,9-12,14H2,1-2H3. The third-order valence-electron chi connectivity index (χ3n) is 5.67. The molecule has 0 N–H and O–H groups in total. The van der Waals surface area contributed by atoms with Crippen LogP contribution in [0.2, 0.25) is 0 Å². The monoisotopic (exact) mass is 473 g/mol. The molecule has 1 fully saturated rings. The molecule has 1 aromatic heterocycles. The summed E-state index contributed by atoms with van der Waals surface area (Å²) in [7, 11) is -2.60. The van der Waals surface area contributed by atoms with Crippen LogP contribution in [-0.4, -0.2) is 62.3 Å². The summed E-state index contributed by atoms with van der Waals surface area (Å²) in [6.45, 7) is 2.72. The van der Waals surface area contributed by atoms with Gasteiger partial charge in [-0.3, -0.25) is 14.2 Å². The number of oxazole rings is 1. The van der Waals surface area contributed by atoms with Crippen LogP contribution in [0.15, 0.2) is 56.6 Å². The number of anilines is 1. The number of aromatic nitrogens is 1. The van der Waals surface area contributed by atoms with Crippen molar-refractivity contribution in [3.05, 3.63) is 58.6 Å². The predicted molar refractivity (Wildman–Crippen MR) is 120 cm³/mol. The second-order valence-corrected chi connectivity index (χ2v) is 9.59. The molecule has 3 aromatic rings. The lowest BCUT2D eigenvalue weighted by Crippen LogP contribution is -2.48. The Hall–Kier alpha value is -3.44. The van der Waals surface area contributed by atoms with E-state index in [-0.39, 0.29) is 35.9 Å². The fraction of sp³-hybridized carbons (Fsp3) is 0.318. The van der Waals surface area contributed by atoms with Crippen LogP contribution in [0.5, 0.6) is 0 Å². The number of piperazine rings is 1. The van der Waals surface area contributed by atoms with Crippen molar-refractivity contribution < 1.29 is 27.2 Å². The number of esters is 1. The maximum atomic E-state index is 13.2. The minimum Gasteiger partial charge on any atom is -0.468 e. The molecule has 1 aliphatic rings. The molecular formula is C22H23N3O7S. The van der Waals surface area contributed by atoms with E-state index in [9.17, 15) is 22.8 Å². The Labute approximate surface area is 190 Å². The normalized spacial score (nSPS) is 15.0. The SMILES string of the molecule is COC(=O)Cn1c(=O)oc2cc(S(=O)(=O)N3CCN(c4ccc(C(C)=O)cc4)CC3)ccc21. The number of carbonyl (C=O) groups is 2. The molecule has 0 spiro atoms. The second-order valence-electron chi connectivity index (χ2n) is 7.65. The summed E-state index contributed by atoms with van der Waals surface area (Å²) < 4.78 is 38.6. The molecule has 0 saturated carbocycles. The molecule has 0 unspecified atom stereocenters. The number of sulfonamides is 1. The van der Waals surface area contributed by atoms with Gasteiger partial charge in [-0.15, -0.1) is 0 Å². The summed E-state index contributed by atoms with van der Waals surface area (Å²) in [4.78, 5) is 37.1. The van der Waals surface area contributed by atoms with E-state index in [1.54, 1.807) is 12.1 Å². The van der Waals surface area contributed by atoms with Gasteiger partial charge in [0.05, 0.1) is 17.5 Å². The van der Waals surface area contributed by atoms with Crippen LogP contribution in [0.3, 0.4) is 0 Å². The van der Waals surface area contributed by atoms with Crippen LogP contribution in [0.4, 0.5) is 5.69 Å². The number of Topliss-reactive ketones (excluding diaryl/α,β-unsaturated/α-hetero) is 1. The highest BCUT2D eigenvalue weighted by atomic mass is 32.2. The van der Waals surface area contributed by atoms with Crippen molar-refractivity contribution in [3.8, 4) is 0 Å². The Balaban J connectivity index is 1.51. The Morgan fingerprint density at radius 1 is 1.03 bits per heavy atom. The lowest BCUT2D eigenvalue weighted by Gasteiger charge is -2.35. The molecule has 11 heteroatoms. The van der Waals surface area contributed by atoms with Crippen LogP contribution < -0.4 is 10.7 Å². The van der Waals surface area contributed by atoms with Crippen LogP contribution in [-0.2, 0) is 26.1 Å². The second kappa shape index (κ2) is 8.83. The van der Waals surface area contributed by atoms with Crippen molar-refractivity contribution in [3.63, 3.8) is 0 Å². The summed E-state index contributed by atoms with van der Waals surface area (Å²) in [5, 5.41) is 0. The first-order chi connectivity index (χ1) is 15.7. The summed E-state index contributed by atoms with van der Waals surface area (Å²) in [5.41, 5.74) is 1.94. The molecule has 1 aliphatic heterocycles. The lowest BCUT2D eigenvalue weighted by molar-refractivity contribution is -0.141. The van der Waals surface area contributed by atoms with Gasteiger partial charge in [0.2, 0.25) is 10.0 Å². The van der Waals surface area contributed by atoms with E-state index in [0.29, 0.717) is 24.2 Å². The first-order valence-corrected chi connectivity index (χ1v) is 11.7. The summed E-state index contributed by atoms with van der Waals surface area (Å²) >= 11 is 0. The topological polar surface area (TPSA) is 119 Å². The van der Waals surface area contributed by atoms with Crippen molar-refractivity contribution in [1.82, 2.24) is 8.87 Å². The number of ketones is 1. The van der Waals surface area contributed by atoms with Gasteiger partial charge in [-0.2, -0.15) is 4.31 Å². The number of methoxy groups -OCH3 is 1. The minimum atomic E-state index is -3.81. The van der Waals surface area contributed by atoms with E-state index >= 15 is 0 Å². The van der Waals surface area contributed by atoms with Crippen molar-refractivity contribution in [2.45, 2.75) is 18.4 Å². The lowest BCUT2D eigenvalue weighted by atomic mass is 10.1. The highest BCUT2D eigenvalue weighted by Gasteiger charge is 2.29. The maximum absolute atomic E-state index is 13.2. The Kier molecular flexibility index (Phi) is 6.09. The molecule has 4 rings (SSSR count). The number of ether oxygens (including phenoxy) is 1. The Morgan fingerprint density at radius 3 is 2.30 bits per heavy atom. The van der Waals surface area contributed by atoms with Crippen molar-refractivity contribution in [2.24, 2.45) is 0 Å². The molecule has 10 nitrogen and oxygen atoms in total. The van der Waals surface area contributed by atoms with E-state index in [1.807, 2.05) is 12.1 Å². The average Bonchev–Trinajstić information content (AvgIpc) is 3.13. The first-order valence-electron chi connectivity index (χ1n) is 10.3. The van der Waals surface area contributed by atoms with Crippen LogP contribution >= 0.6 is 0 Å². The largest absolute Gasteiger partial charge is 0.468 e. The molecule has 0 atom stereocenters. The predicted octanol–water partition coefficient (Wildman–Crippen LogP) is 1.48. The number of benzene rings is 2. The highest BCUT2D eigenvalue weighted by Crippen LogP contribution is 2.24.